The highest BCUT2D eigenvalue weighted by atomic mass is 32.2. The minimum Gasteiger partial charge on any atom is -0.462 e. The molecule has 0 spiro atoms. The second-order valence-electron chi connectivity index (χ2n) is 11.5. The van der Waals surface area contributed by atoms with Gasteiger partial charge in [0.1, 0.15) is 41.2 Å². The van der Waals surface area contributed by atoms with Crippen LogP contribution in [0, 0.1) is 28.6 Å². The normalized spacial score (nSPS) is 11.6. The minimum atomic E-state index is -0.896. The van der Waals surface area contributed by atoms with Gasteiger partial charge in [0.25, 0.3) is 0 Å². The molecular weight excluding hydrogens is 580 g/mol. The Labute approximate surface area is 264 Å². The molecule has 0 aliphatic rings. The number of alkyl carbamates (subject to hydrolysis) is 1. The largest absolute Gasteiger partial charge is 0.462 e. The number of anilines is 1. The summed E-state index contributed by atoms with van der Waals surface area (Å²) in [5, 5.41) is 25.9. The van der Waals surface area contributed by atoms with Crippen molar-refractivity contribution in [2.45, 2.75) is 83.9 Å². The third-order valence-electron chi connectivity index (χ3n) is 6.39. The molecule has 0 fully saturated rings. The Kier molecular flexibility index (Phi) is 13.5. The van der Waals surface area contributed by atoms with Crippen LogP contribution in [0.3, 0.4) is 0 Å². The minimum absolute atomic E-state index is 0.0180. The highest BCUT2D eigenvalue weighted by molar-refractivity contribution is 7.98. The number of ether oxygens (including phenoxy) is 2. The molecule has 2 amide bonds. The Balaban J connectivity index is 2.18. The van der Waals surface area contributed by atoms with E-state index in [9.17, 15) is 24.9 Å². The average molecular weight is 623 g/mol. The van der Waals surface area contributed by atoms with E-state index in [1.165, 1.54) is 18.7 Å². The van der Waals surface area contributed by atoms with Crippen molar-refractivity contribution in [3.8, 4) is 12.1 Å². The van der Waals surface area contributed by atoms with E-state index in [0.717, 1.165) is 11.1 Å². The van der Waals surface area contributed by atoms with Crippen LogP contribution in [0.25, 0.3) is 0 Å². The summed E-state index contributed by atoms with van der Waals surface area (Å²) in [6.45, 7) is 12.8. The fourth-order valence-electron chi connectivity index (χ4n) is 4.11. The molecule has 1 aromatic carbocycles. The quantitative estimate of drug-likeness (QED) is 0.234. The molecule has 1 heterocycles. The van der Waals surface area contributed by atoms with Crippen LogP contribution in [-0.4, -0.2) is 54.8 Å². The maximum absolute atomic E-state index is 12.8. The van der Waals surface area contributed by atoms with Crippen molar-refractivity contribution < 1.29 is 23.9 Å². The number of nitriles is 2. The van der Waals surface area contributed by atoms with Crippen molar-refractivity contribution >= 4 is 35.5 Å². The summed E-state index contributed by atoms with van der Waals surface area (Å²) in [5.74, 6) is -0.000468. The molecule has 2 N–H and O–H groups in total. The Bertz CT molecular complexity index is 1410. The van der Waals surface area contributed by atoms with Gasteiger partial charge in [0.15, 0.2) is 0 Å². The van der Waals surface area contributed by atoms with Crippen molar-refractivity contribution in [2.24, 2.45) is 5.92 Å². The topological polar surface area (TPSA) is 157 Å². The van der Waals surface area contributed by atoms with Crippen LogP contribution in [-0.2, 0) is 37.8 Å². The van der Waals surface area contributed by atoms with Gasteiger partial charge in [0, 0.05) is 26.3 Å². The zero-order valence-electron chi connectivity index (χ0n) is 26.7. The van der Waals surface area contributed by atoms with Crippen LogP contribution in [0.1, 0.15) is 76.3 Å². The van der Waals surface area contributed by atoms with E-state index >= 15 is 0 Å². The number of rotatable bonds is 13. The van der Waals surface area contributed by atoms with Gasteiger partial charge in [0.2, 0.25) is 5.91 Å². The molecule has 0 saturated carbocycles. The SMILES string of the molecule is CCc1c(C#N)c(SCc2ccc(CNC(C)=O)cc2)nc(N(C)CCOC(=O)[C@@H](NC(=O)OC(C)(C)C)C(C)C)c1C#N. The third kappa shape index (κ3) is 10.8. The van der Waals surface area contributed by atoms with Crippen molar-refractivity contribution in [1.82, 2.24) is 15.6 Å². The summed E-state index contributed by atoms with van der Waals surface area (Å²) in [6, 6.07) is 11.3. The molecule has 0 unspecified atom stereocenters. The van der Waals surface area contributed by atoms with Gasteiger partial charge in [-0.1, -0.05) is 45.0 Å². The smallest absolute Gasteiger partial charge is 0.408 e. The third-order valence-corrected chi connectivity index (χ3v) is 7.44. The molecule has 0 aliphatic carbocycles. The molecule has 1 atom stereocenters. The molecule has 0 aliphatic heterocycles. The summed E-state index contributed by atoms with van der Waals surface area (Å²) in [4.78, 5) is 42.7. The first-order valence-corrected chi connectivity index (χ1v) is 15.4. The van der Waals surface area contributed by atoms with Crippen molar-refractivity contribution in [3.05, 3.63) is 52.1 Å². The summed E-state index contributed by atoms with van der Waals surface area (Å²) >= 11 is 1.40. The second kappa shape index (κ2) is 16.5. The summed E-state index contributed by atoms with van der Waals surface area (Å²) in [5.41, 5.74) is 2.55. The molecule has 0 radical (unpaired) electrons. The summed E-state index contributed by atoms with van der Waals surface area (Å²) in [7, 11) is 1.74. The van der Waals surface area contributed by atoms with Gasteiger partial charge in [-0.25, -0.2) is 14.6 Å². The Morgan fingerprint density at radius 2 is 1.68 bits per heavy atom. The van der Waals surface area contributed by atoms with E-state index in [0.29, 0.717) is 46.3 Å². The molecule has 236 valence electrons. The van der Waals surface area contributed by atoms with E-state index in [1.807, 2.05) is 31.2 Å². The van der Waals surface area contributed by atoms with E-state index in [1.54, 1.807) is 46.6 Å². The number of thioether (sulfide) groups is 1. The van der Waals surface area contributed by atoms with Gasteiger partial charge in [0.05, 0.1) is 17.7 Å². The number of pyridine rings is 1. The second-order valence-corrected chi connectivity index (χ2v) is 12.5. The number of esters is 1. The predicted molar refractivity (Wildman–Crippen MR) is 169 cm³/mol. The summed E-state index contributed by atoms with van der Waals surface area (Å²) < 4.78 is 10.8. The Morgan fingerprint density at radius 3 is 2.20 bits per heavy atom. The summed E-state index contributed by atoms with van der Waals surface area (Å²) in [6.07, 6.45) is -0.245. The van der Waals surface area contributed by atoms with E-state index in [-0.39, 0.29) is 25.0 Å². The van der Waals surface area contributed by atoms with Crippen LogP contribution in [0.15, 0.2) is 29.3 Å². The van der Waals surface area contributed by atoms with Crippen LogP contribution in [0.5, 0.6) is 0 Å². The lowest BCUT2D eigenvalue weighted by atomic mass is 10.0. The van der Waals surface area contributed by atoms with Gasteiger partial charge >= 0.3 is 12.1 Å². The van der Waals surface area contributed by atoms with Crippen molar-refractivity contribution in [3.63, 3.8) is 0 Å². The molecule has 2 aromatic rings. The van der Waals surface area contributed by atoms with E-state index in [4.69, 9.17) is 14.5 Å². The lowest BCUT2D eigenvalue weighted by Gasteiger charge is -2.25. The zero-order chi connectivity index (χ0) is 33.0. The number of carbonyl (C=O) groups is 3. The van der Waals surface area contributed by atoms with Crippen LogP contribution >= 0.6 is 11.8 Å². The molecular formula is C32H42N6O5S. The number of nitrogens with one attached hydrogen (secondary N) is 2. The average Bonchev–Trinajstić information content (AvgIpc) is 2.95. The Hall–Kier alpha value is -4.29. The number of likely N-dealkylation sites (N-methyl/N-ethyl adjacent to an activating group) is 1. The standard InChI is InChI=1S/C32H42N6O5S/c1-9-24-25(16-33)28(38(8)14-15-42-30(40)27(20(2)3)36-31(41)43-32(5,6)7)37-29(26(24)17-34)44-19-23-12-10-22(11-13-23)18-35-21(4)39/h10-13,20,27H,9,14-15,18-19H2,1-8H3,(H,35,39)(H,36,41)/t27-/m0/s1. The molecule has 0 bridgehead atoms. The molecule has 1 aromatic heterocycles. The molecule has 0 saturated heterocycles. The maximum atomic E-state index is 12.8. The maximum Gasteiger partial charge on any atom is 0.408 e. The number of amides is 2. The lowest BCUT2D eigenvalue weighted by Crippen LogP contribution is -2.47. The van der Waals surface area contributed by atoms with E-state index < -0.39 is 23.7 Å². The highest BCUT2D eigenvalue weighted by Gasteiger charge is 2.28. The number of hydrogen-bond acceptors (Lipinski definition) is 10. The van der Waals surface area contributed by atoms with E-state index in [2.05, 4.69) is 22.8 Å². The van der Waals surface area contributed by atoms with Gasteiger partial charge < -0.3 is 25.0 Å². The zero-order valence-corrected chi connectivity index (χ0v) is 27.6. The molecule has 11 nitrogen and oxygen atoms in total. The fourth-order valence-corrected chi connectivity index (χ4v) is 5.07. The van der Waals surface area contributed by atoms with Gasteiger partial charge in [-0.2, -0.15) is 10.5 Å². The number of carbonyl (C=O) groups excluding carboxylic acids is 3. The number of benzene rings is 1. The van der Waals surface area contributed by atoms with Gasteiger partial charge in [-0.15, -0.1) is 11.8 Å². The Morgan fingerprint density at radius 1 is 1.07 bits per heavy atom. The predicted octanol–water partition coefficient (Wildman–Crippen LogP) is 4.84. The van der Waals surface area contributed by atoms with Gasteiger partial charge in [-0.05, 0) is 49.8 Å². The first kappa shape index (κ1) is 35.9. The highest BCUT2D eigenvalue weighted by Crippen LogP contribution is 2.33. The first-order valence-electron chi connectivity index (χ1n) is 14.4. The van der Waals surface area contributed by atoms with Crippen molar-refractivity contribution in [2.75, 3.05) is 25.1 Å². The molecule has 12 heteroatoms. The van der Waals surface area contributed by atoms with Gasteiger partial charge in [-0.3, -0.25) is 4.79 Å². The van der Waals surface area contributed by atoms with Crippen molar-refractivity contribution in [1.29, 1.82) is 10.5 Å². The molecule has 44 heavy (non-hydrogen) atoms. The lowest BCUT2D eigenvalue weighted by molar-refractivity contribution is -0.147. The molecule has 2 rings (SSSR count). The monoisotopic (exact) mass is 622 g/mol. The van der Waals surface area contributed by atoms with Crippen LogP contribution in [0.4, 0.5) is 10.6 Å². The van der Waals surface area contributed by atoms with Crippen LogP contribution < -0.4 is 15.5 Å². The number of nitrogens with zero attached hydrogens (tertiary/aromatic N) is 4. The first-order chi connectivity index (χ1) is 20.7. The number of hydrogen-bond donors (Lipinski definition) is 2. The fraction of sp³-hybridized carbons (Fsp3) is 0.500. The van der Waals surface area contributed by atoms with Crippen LogP contribution in [0.2, 0.25) is 0 Å². The number of aromatic nitrogens is 1.